The van der Waals surface area contributed by atoms with E-state index in [-0.39, 0.29) is 0 Å². The molecule has 2 aromatic carbocycles. The molecular weight excluding hydrogens is 328 g/mol. The van der Waals surface area contributed by atoms with E-state index in [1.807, 2.05) is 55.5 Å². The van der Waals surface area contributed by atoms with E-state index in [1.54, 1.807) is 0 Å². The van der Waals surface area contributed by atoms with E-state index in [1.165, 1.54) is 11.3 Å². The van der Waals surface area contributed by atoms with Crippen molar-refractivity contribution in [2.24, 2.45) is 0 Å². The lowest BCUT2D eigenvalue weighted by molar-refractivity contribution is 1.08. The first-order chi connectivity index (χ1) is 11.2. The minimum Gasteiger partial charge on any atom is -0.249 e. The molecule has 4 rings (SSSR count). The summed E-state index contributed by atoms with van der Waals surface area (Å²) in [7, 11) is 0. The number of rotatable bonds is 2. The Hall–Kier alpha value is -2.37. The maximum absolute atomic E-state index is 6.23. The number of aromatic nitrogens is 4. The highest BCUT2D eigenvalue weighted by Gasteiger charge is 2.15. The maximum Gasteiger partial charge on any atom is 0.168 e. The molecule has 23 heavy (non-hydrogen) atoms. The molecule has 2 heterocycles. The lowest BCUT2D eigenvalue weighted by atomic mass is 10.2. The maximum atomic E-state index is 6.23. The van der Waals surface area contributed by atoms with Crippen LogP contribution in [0.1, 0.15) is 5.69 Å². The van der Waals surface area contributed by atoms with Crippen LogP contribution >= 0.6 is 22.9 Å². The number of fused-ring (bicyclic) bond motifs is 1. The Morgan fingerprint density at radius 2 is 1.48 bits per heavy atom. The standard InChI is InChI=1S/C17H11ClN4S/c1-10-15(20-14-9-5-4-8-13(14)19-10)17-22-21-16(23-17)11-6-2-3-7-12(11)18/h2-9H,1H3. The van der Waals surface area contributed by atoms with Crippen LogP contribution in [0.5, 0.6) is 0 Å². The minimum atomic E-state index is 0.663. The van der Waals surface area contributed by atoms with Crippen LogP contribution in [0.15, 0.2) is 48.5 Å². The highest BCUT2D eigenvalue weighted by Crippen LogP contribution is 2.34. The highest BCUT2D eigenvalue weighted by atomic mass is 35.5. The van der Waals surface area contributed by atoms with Crippen molar-refractivity contribution in [1.82, 2.24) is 20.2 Å². The molecule has 0 fully saturated rings. The minimum absolute atomic E-state index is 0.663. The van der Waals surface area contributed by atoms with Crippen LogP contribution in [-0.2, 0) is 0 Å². The van der Waals surface area contributed by atoms with Crippen molar-refractivity contribution in [3.05, 3.63) is 59.2 Å². The lowest BCUT2D eigenvalue weighted by Crippen LogP contribution is -1.93. The molecule has 0 spiro atoms. The van der Waals surface area contributed by atoms with Gasteiger partial charge in [0.15, 0.2) is 5.01 Å². The van der Waals surface area contributed by atoms with Gasteiger partial charge in [-0.05, 0) is 25.1 Å². The van der Waals surface area contributed by atoms with E-state index in [4.69, 9.17) is 11.6 Å². The topological polar surface area (TPSA) is 51.6 Å². The highest BCUT2D eigenvalue weighted by molar-refractivity contribution is 7.18. The molecule has 0 amide bonds. The zero-order valence-electron chi connectivity index (χ0n) is 12.2. The molecule has 0 radical (unpaired) electrons. The Labute approximate surface area is 141 Å². The van der Waals surface area contributed by atoms with Crippen molar-refractivity contribution in [3.63, 3.8) is 0 Å². The van der Waals surface area contributed by atoms with Gasteiger partial charge in [0.2, 0.25) is 0 Å². The van der Waals surface area contributed by atoms with Gasteiger partial charge in [-0.2, -0.15) is 0 Å². The quantitative estimate of drug-likeness (QED) is 0.528. The fourth-order valence-electron chi connectivity index (χ4n) is 2.35. The Balaban J connectivity index is 1.83. The molecule has 4 aromatic rings. The average Bonchev–Trinajstić information content (AvgIpc) is 3.04. The second kappa shape index (κ2) is 5.68. The summed E-state index contributed by atoms with van der Waals surface area (Å²) in [5, 5.41) is 10.7. The largest absolute Gasteiger partial charge is 0.249 e. The van der Waals surface area contributed by atoms with E-state index in [9.17, 15) is 0 Å². The van der Waals surface area contributed by atoms with E-state index >= 15 is 0 Å². The Bertz CT molecular complexity index is 1010. The van der Waals surface area contributed by atoms with Gasteiger partial charge >= 0.3 is 0 Å². The normalized spacial score (nSPS) is 11.0. The second-order valence-electron chi connectivity index (χ2n) is 5.04. The summed E-state index contributed by atoms with van der Waals surface area (Å²) in [5.41, 5.74) is 4.21. The van der Waals surface area contributed by atoms with Crippen LogP contribution in [0.3, 0.4) is 0 Å². The number of hydrogen-bond donors (Lipinski definition) is 0. The Morgan fingerprint density at radius 3 is 2.26 bits per heavy atom. The molecule has 0 N–H and O–H groups in total. The summed E-state index contributed by atoms with van der Waals surface area (Å²) >= 11 is 7.70. The van der Waals surface area contributed by atoms with Crippen molar-refractivity contribution in [1.29, 1.82) is 0 Å². The third kappa shape index (κ3) is 2.58. The molecule has 0 aliphatic rings. The Kier molecular flexibility index (Phi) is 3.52. The van der Waals surface area contributed by atoms with Gasteiger partial charge in [0.1, 0.15) is 10.7 Å². The molecule has 2 aromatic heterocycles. The third-order valence-electron chi connectivity index (χ3n) is 3.48. The first-order valence-electron chi connectivity index (χ1n) is 7.04. The molecule has 0 bridgehead atoms. The van der Waals surface area contributed by atoms with Gasteiger partial charge < -0.3 is 0 Å². The summed E-state index contributed by atoms with van der Waals surface area (Å²) in [6, 6.07) is 15.4. The number of halogens is 1. The summed E-state index contributed by atoms with van der Waals surface area (Å²) in [5.74, 6) is 0. The van der Waals surface area contributed by atoms with Crippen LogP contribution in [-0.4, -0.2) is 20.2 Å². The lowest BCUT2D eigenvalue weighted by Gasteiger charge is -2.03. The van der Waals surface area contributed by atoms with Gasteiger partial charge in [-0.1, -0.05) is 53.3 Å². The zero-order valence-corrected chi connectivity index (χ0v) is 13.8. The van der Waals surface area contributed by atoms with Crippen molar-refractivity contribution in [3.8, 4) is 21.3 Å². The molecule has 0 aliphatic heterocycles. The second-order valence-corrected chi connectivity index (χ2v) is 6.42. The Morgan fingerprint density at radius 1 is 0.826 bits per heavy atom. The zero-order chi connectivity index (χ0) is 15.8. The fraction of sp³-hybridized carbons (Fsp3) is 0.0588. The van der Waals surface area contributed by atoms with E-state index in [0.717, 1.165) is 38.0 Å². The van der Waals surface area contributed by atoms with Crippen LogP contribution < -0.4 is 0 Å². The summed E-state index contributed by atoms with van der Waals surface area (Å²) in [4.78, 5) is 9.29. The first-order valence-corrected chi connectivity index (χ1v) is 8.24. The molecule has 6 heteroatoms. The molecule has 0 unspecified atom stereocenters. The molecule has 0 atom stereocenters. The van der Waals surface area contributed by atoms with Crippen LogP contribution in [0.2, 0.25) is 5.02 Å². The number of benzene rings is 2. The first kappa shape index (κ1) is 14.2. The summed E-state index contributed by atoms with van der Waals surface area (Å²) in [6.07, 6.45) is 0. The average molecular weight is 339 g/mol. The number of nitrogens with zero attached hydrogens (tertiary/aromatic N) is 4. The van der Waals surface area contributed by atoms with Crippen molar-refractivity contribution >= 4 is 34.0 Å². The van der Waals surface area contributed by atoms with Crippen LogP contribution in [0.4, 0.5) is 0 Å². The SMILES string of the molecule is Cc1nc2ccccc2nc1-c1nnc(-c2ccccc2Cl)s1. The fourth-order valence-corrected chi connectivity index (χ4v) is 3.56. The molecule has 0 aliphatic carbocycles. The predicted molar refractivity (Wildman–Crippen MR) is 93.6 cm³/mol. The van der Waals surface area contributed by atoms with Crippen molar-refractivity contribution in [2.75, 3.05) is 0 Å². The van der Waals surface area contributed by atoms with Crippen LogP contribution in [0.25, 0.3) is 32.3 Å². The van der Waals surface area contributed by atoms with Crippen LogP contribution in [0, 0.1) is 6.92 Å². The predicted octanol–water partition coefficient (Wildman–Crippen LogP) is 4.78. The smallest absolute Gasteiger partial charge is 0.168 e. The number of para-hydroxylation sites is 2. The van der Waals surface area contributed by atoms with Crippen molar-refractivity contribution in [2.45, 2.75) is 6.92 Å². The van der Waals surface area contributed by atoms with E-state index in [2.05, 4.69) is 20.2 Å². The number of hydrogen-bond acceptors (Lipinski definition) is 5. The van der Waals surface area contributed by atoms with E-state index in [0.29, 0.717) is 5.02 Å². The van der Waals surface area contributed by atoms with Gasteiger partial charge in [0, 0.05) is 5.56 Å². The monoisotopic (exact) mass is 338 g/mol. The third-order valence-corrected chi connectivity index (χ3v) is 4.77. The molecule has 4 nitrogen and oxygen atoms in total. The molecular formula is C17H11ClN4S. The molecule has 0 saturated carbocycles. The van der Waals surface area contributed by atoms with Crippen molar-refractivity contribution < 1.29 is 0 Å². The summed E-state index contributed by atoms with van der Waals surface area (Å²) < 4.78 is 0. The van der Waals surface area contributed by atoms with Gasteiger partial charge in [0.25, 0.3) is 0 Å². The van der Waals surface area contributed by atoms with Gasteiger partial charge in [-0.3, -0.25) is 0 Å². The summed E-state index contributed by atoms with van der Waals surface area (Å²) in [6.45, 7) is 1.94. The van der Waals surface area contributed by atoms with Gasteiger partial charge in [-0.25, -0.2) is 9.97 Å². The number of aryl methyl sites for hydroxylation is 1. The van der Waals surface area contributed by atoms with Gasteiger partial charge in [-0.15, -0.1) is 10.2 Å². The van der Waals surface area contributed by atoms with E-state index < -0.39 is 0 Å². The van der Waals surface area contributed by atoms with Gasteiger partial charge in [0.05, 0.1) is 21.7 Å². The molecule has 112 valence electrons. The molecule has 0 saturated heterocycles.